The fourth-order valence-electron chi connectivity index (χ4n) is 2.29. The minimum Gasteiger partial charge on any atom is -0.329 e. The lowest BCUT2D eigenvalue weighted by molar-refractivity contribution is 0.193. The molecule has 108 valence electrons. The van der Waals surface area contributed by atoms with Gasteiger partial charge in [-0.15, -0.1) is 11.3 Å². The third-order valence-electron chi connectivity index (χ3n) is 3.62. The number of benzene rings is 1. The first-order valence-electron chi connectivity index (χ1n) is 6.45. The number of hydrogen-bond donors (Lipinski definition) is 1. The predicted octanol–water partition coefficient (Wildman–Crippen LogP) is 4.75. The van der Waals surface area contributed by atoms with E-state index < -0.39 is 0 Å². The highest BCUT2D eigenvalue weighted by atomic mass is 35.5. The Morgan fingerprint density at radius 1 is 1.25 bits per heavy atom. The molecule has 0 fully saturated rings. The quantitative estimate of drug-likeness (QED) is 0.858. The molecule has 0 amide bonds. The Labute approximate surface area is 134 Å². The summed E-state index contributed by atoms with van der Waals surface area (Å²) >= 11 is 14.2. The molecule has 0 aliphatic rings. The molecule has 0 saturated carbocycles. The van der Waals surface area contributed by atoms with Crippen LogP contribution in [0.2, 0.25) is 10.0 Å². The zero-order valence-electron chi connectivity index (χ0n) is 11.5. The van der Waals surface area contributed by atoms with Crippen molar-refractivity contribution in [1.29, 1.82) is 0 Å². The van der Waals surface area contributed by atoms with Gasteiger partial charge in [0.2, 0.25) is 0 Å². The molecule has 1 aromatic heterocycles. The number of rotatable bonds is 5. The average molecular weight is 329 g/mol. The van der Waals surface area contributed by atoms with Crippen molar-refractivity contribution in [2.45, 2.75) is 19.0 Å². The molecule has 2 atom stereocenters. The van der Waals surface area contributed by atoms with Crippen LogP contribution in [-0.4, -0.2) is 18.5 Å². The Bertz CT molecular complexity index is 557. The van der Waals surface area contributed by atoms with Gasteiger partial charge >= 0.3 is 0 Å². The second kappa shape index (κ2) is 6.92. The number of hydrogen-bond acceptors (Lipinski definition) is 3. The van der Waals surface area contributed by atoms with Crippen molar-refractivity contribution in [1.82, 2.24) is 4.90 Å². The van der Waals surface area contributed by atoms with E-state index in [9.17, 15) is 0 Å². The largest absolute Gasteiger partial charge is 0.329 e. The normalized spacial score (nSPS) is 14.5. The molecule has 2 aromatic rings. The lowest BCUT2D eigenvalue weighted by atomic mass is 10.0. The second-order valence-corrected chi connectivity index (χ2v) is 6.52. The van der Waals surface area contributed by atoms with E-state index in [0.717, 1.165) is 5.56 Å². The highest BCUT2D eigenvalue weighted by Crippen LogP contribution is 2.36. The molecular formula is C15H18Cl2N2S. The molecule has 2 N–H and O–H groups in total. The molecule has 20 heavy (non-hydrogen) atoms. The van der Waals surface area contributed by atoms with Crippen LogP contribution in [0.1, 0.15) is 29.4 Å². The number of likely N-dealkylation sites (N-methyl/N-ethyl adjacent to an activating group) is 1. The summed E-state index contributed by atoms with van der Waals surface area (Å²) in [5.74, 6) is 0. The van der Waals surface area contributed by atoms with Crippen molar-refractivity contribution in [3.63, 3.8) is 0 Å². The highest BCUT2D eigenvalue weighted by molar-refractivity contribution is 7.10. The SMILES string of the molecule is CC(c1cccs1)N(C)C(CN)c1cccc(Cl)c1Cl. The first kappa shape index (κ1) is 15.8. The molecule has 0 aliphatic heterocycles. The molecule has 2 nitrogen and oxygen atoms in total. The van der Waals surface area contributed by atoms with E-state index in [1.165, 1.54) is 4.88 Å². The van der Waals surface area contributed by atoms with Gasteiger partial charge in [-0.1, -0.05) is 41.4 Å². The van der Waals surface area contributed by atoms with Crippen LogP contribution < -0.4 is 5.73 Å². The molecule has 1 heterocycles. The van der Waals surface area contributed by atoms with E-state index >= 15 is 0 Å². The van der Waals surface area contributed by atoms with Gasteiger partial charge in [0.15, 0.2) is 0 Å². The molecule has 0 saturated heterocycles. The maximum atomic E-state index is 6.33. The third kappa shape index (κ3) is 3.18. The molecule has 1 aromatic carbocycles. The third-order valence-corrected chi connectivity index (χ3v) is 5.50. The summed E-state index contributed by atoms with van der Waals surface area (Å²) in [6, 6.07) is 10.2. The van der Waals surface area contributed by atoms with E-state index in [0.29, 0.717) is 16.6 Å². The Morgan fingerprint density at radius 3 is 2.60 bits per heavy atom. The molecule has 5 heteroatoms. The van der Waals surface area contributed by atoms with E-state index in [4.69, 9.17) is 28.9 Å². The molecule has 0 aliphatic carbocycles. The second-order valence-electron chi connectivity index (χ2n) is 4.75. The summed E-state index contributed by atoms with van der Waals surface area (Å²) in [4.78, 5) is 3.55. The molecule has 0 spiro atoms. The summed E-state index contributed by atoms with van der Waals surface area (Å²) < 4.78 is 0. The first-order valence-corrected chi connectivity index (χ1v) is 8.09. The van der Waals surface area contributed by atoms with Gasteiger partial charge in [-0.2, -0.15) is 0 Å². The van der Waals surface area contributed by atoms with Crippen molar-refractivity contribution in [3.8, 4) is 0 Å². The van der Waals surface area contributed by atoms with Gasteiger partial charge < -0.3 is 5.73 Å². The van der Waals surface area contributed by atoms with E-state index in [-0.39, 0.29) is 12.1 Å². The van der Waals surface area contributed by atoms with Crippen molar-refractivity contribution in [3.05, 3.63) is 56.2 Å². The fourth-order valence-corrected chi connectivity index (χ4v) is 3.56. The molecule has 0 radical (unpaired) electrons. The van der Waals surface area contributed by atoms with Crippen LogP contribution in [-0.2, 0) is 0 Å². The Hall–Kier alpha value is -0.580. The van der Waals surface area contributed by atoms with E-state index in [1.54, 1.807) is 17.4 Å². The van der Waals surface area contributed by atoms with Gasteiger partial charge in [0.1, 0.15) is 0 Å². The number of halogens is 2. The smallest absolute Gasteiger partial charge is 0.0640 e. The van der Waals surface area contributed by atoms with E-state index in [2.05, 4.69) is 36.4 Å². The lowest BCUT2D eigenvalue weighted by Gasteiger charge is -2.33. The topological polar surface area (TPSA) is 29.3 Å². The Kier molecular flexibility index (Phi) is 5.47. The number of nitrogens with zero attached hydrogens (tertiary/aromatic N) is 1. The van der Waals surface area contributed by atoms with Gasteiger partial charge in [0.25, 0.3) is 0 Å². The monoisotopic (exact) mass is 328 g/mol. The van der Waals surface area contributed by atoms with Gasteiger partial charge in [-0.05, 0) is 37.0 Å². The van der Waals surface area contributed by atoms with Crippen LogP contribution in [0.4, 0.5) is 0 Å². The zero-order chi connectivity index (χ0) is 14.7. The van der Waals surface area contributed by atoms with E-state index in [1.807, 2.05) is 12.1 Å². The van der Waals surface area contributed by atoms with Crippen molar-refractivity contribution in [2.75, 3.05) is 13.6 Å². The molecule has 2 rings (SSSR count). The van der Waals surface area contributed by atoms with Crippen LogP contribution in [0.3, 0.4) is 0 Å². The number of thiophene rings is 1. The fraction of sp³-hybridized carbons (Fsp3) is 0.333. The van der Waals surface area contributed by atoms with Crippen molar-refractivity contribution in [2.24, 2.45) is 5.73 Å². The maximum Gasteiger partial charge on any atom is 0.0640 e. The minimum atomic E-state index is 0.0401. The standard InChI is InChI=1S/C15H18Cl2N2S/c1-10(14-7-4-8-20-14)19(2)13(9-18)11-5-3-6-12(16)15(11)17/h3-8,10,13H,9,18H2,1-2H3. The summed E-state index contributed by atoms with van der Waals surface area (Å²) in [5.41, 5.74) is 6.96. The van der Waals surface area contributed by atoms with Crippen LogP contribution >= 0.6 is 34.5 Å². The molecule has 2 unspecified atom stereocenters. The maximum absolute atomic E-state index is 6.33. The van der Waals surface area contributed by atoms with Gasteiger partial charge in [-0.3, -0.25) is 4.90 Å². The predicted molar refractivity (Wildman–Crippen MR) is 88.8 cm³/mol. The summed E-state index contributed by atoms with van der Waals surface area (Å²) in [6.45, 7) is 2.67. The molecule has 0 bridgehead atoms. The number of nitrogens with two attached hydrogens (primary N) is 1. The first-order chi connectivity index (χ1) is 9.56. The Morgan fingerprint density at radius 2 is 2.00 bits per heavy atom. The van der Waals surface area contributed by atoms with Crippen molar-refractivity contribution < 1.29 is 0 Å². The van der Waals surface area contributed by atoms with Gasteiger partial charge in [-0.25, -0.2) is 0 Å². The summed E-state index contributed by atoms with van der Waals surface area (Å²) in [6.07, 6.45) is 0. The van der Waals surface area contributed by atoms with Crippen LogP contribution in [0, 0.1) is 0 Å². The Balaban J connectivity index is 2.30. The van der Waals surface area contributed by atoms with Gasteiger partial charge in [0, 0.05) is 23.5 Å². The van der Waals surface area contributed by atoms with Crippen LogP contribution in [0.15, 0.2) is 35.7 Å². The minimum absolute atomic E-state index is 0.0401. The van der Waals surface area contributed by atoms with Crippen LogP contribution in [0.25, 0.3) is 0 Å². The lowest BCUT2D eigenvalue weighted by Crippen LogP contribution is -2.32. The molecular weight excluding hydrogens is 311 g/mol. The summed E-state index contributed by atoms with van der Waals surface area (Å²) in [7, 11) is 2.07. The zero-order valence-corrected chi connectivity index (χ0v) is 13.8. The van der Waals surface area contributed by atoms with Gasteiger partial charge in [0.05, 0.1) is 10.0 Å². The average Bonchev–Trinajstić information content (AvgIpc) is 2.97. The van der Waals surface area contributed by atoms with Crippen molar-refractivity contribution >= 4 is 34.5 Å². The summed E-state index contributed by atoms with van der Waals surface area (Å²) in [5, 5.41) is 3.25. The van der Waals surface area contributed by atoms with Crippen LogP contribution in [0.5, 0.6) is 0 Å². The highest BCUT2D eigenvalue weighted by Gasteiger charge is 2.24.